The molecular formula is C63H66F3N3O4. The molecule has 3 fully saturated rings. The van der Waals surface area contributed by atoms with Gasteiger partial charge < -0.3 is 16.0 Å². The summed E-state index contributed by atoms with van der Waals surface area (Å²) in [6.07, 6.45) is 9.15. The van der Waals surface area contributed by atoms with Crippen LogP contribution in [0.25, 0.3) is 16.7 Å². The van der Waals surface area contributed by atoms with Crippen LogP contribution in [0.4, 0.5) is 13.2 Å². The monoisotopic (exact) mass is 986 g/mol. The number of rotatable bonds is 10. The van der Waals surface area contributed by atoms with Crippen molar-refractivity contribution in [2.75, 3.05) is 39.3 Å². The van der Waals surface area contributed by atoms with E-state index in [0.29, 0.717) is 16.7 Å². The van der Waals surface area contributed by atoms with Crippen LogP contribution in [-0.4, -0.2) is 62.4 Å². The van der Waals surface area contributed by atoms with Crippen molar-refractivity contribution in [1.29, 1.82) is 0 Å². The zero-order chi connectivity index (χ0) is 52.1. The number of carbonyl (C=O) groups is 4. The number of nitrogens with one attached hydrogen (secondary N) is 3. The predicted octanol–water partition coefficient (Wildman–Crippen LogP) is 13.6. The van der Waals surface area contributed by atoms with Crippen LogP contribution in [0.3, 0.4) is 0 Å². The van der Waals surface area contributed by atoms with Crippen molar-refractivity contribution in [2.45, 2.75) is 85.7 Å². The van der Waals surface area contributed by atoms with Crippen LogP contribution in [0.1, 0.15) is 153 Å². The largest absolute Gasteiger partial charge is 0.416 e. The Hall–Kier alpha value is -6.85. The summed E-state index contributed by atoms with van der Waals surface area (Å²) >= 11 is 0. The highest BCUT2D eigenvalue weighted by Crippen LogP contribution is 2.38. The lowest BCUT2D eigenvalue weighted by molar-refractivity contribution is -0.137. The van der Waals surface area contributed by atoms with E-state index in [2.05, 4.69) is 52.4 Å². The first kappa shape index (κ1) is 53.9. The van der Waals surface area contributed by atoms with Crippen LogP contribution in [0.2, 0.25) is 0 Å². The quantitative estimate of drug-likeness (QED) is 0.120. The van der Waals surface area contributed by atoms with Gasteiger partial charge >= 0.3 is 6.18 Å². The van der Waals surface area contributed by atoms with E-state index in [0.717, 1.165) is 129 Å². The first-order chi connectivity index (χ1) is 35.1. The zero-order valence-corrected chi connectivity index (χ0v) is 42.7. The van der Waals surface area contributed by atoms with E-state index in [9.17, 15) is 32.3 Å². The van der Waals surface area contributed by atoms with E-state index in [1.54, 1.807) is 45.9 Å². The Bertz CT molecular complexity index is 2970. The molecule has 0 spiro atoms. The standard InChI is InChI=1S/C22H22F3NO.C22H23NO2.C19H21NO/c1-14-11-19(13-20(12-14)22(23,24)25)21(18-7-9-26-10-8-18)17-5-3-16(4-6-17)15(2)27;1-15(24)17-6-8-18(9-7-17)22(19-10-12-23-13-11-19)21-5-3-4-20(14-21)16(2)25;1-14(21)15-6-8-17(9-7-15)19(16-4-2-3-5-16)18-10-12-20-13-11-18/h3-6,11-13,26H,7-10H2,1-2H3;3-9,14,23H,10-13H2,1-2H3;2,4-9,20H,3,10-13H2,1H3. The molecule has 3 saturated heterocycles. The minimum atomic E-state index is -4.39. The van der Waals surface area contributed by atoms with Gasteiger partial charge in [0.2, 0.25) is 0 Å². The molecule has 4 aliphatic rings. The SMILES string of the molecule is CC(=O)c1ccc(C(=C2CCNCC2)c2cc(C)cc(C(F)(F)F)c2)cc1.CC(=O)c1ccc(C(=C2CCNCC2)c2cccc(C(C)=O)c2)cc1.CC(=O)c1ccc(C(C2=CCC=C2)=C2CCNCC2)cc1. The first-order valence-corrected chi connectivity index (χ1v) is 25.4. The number of carbonyl (C=O) groups excluding carboxylic acids is 4. The summed E-state index contributed by atoms with van der Waals surface area (Å²) in [6.45, 7) is 13.6. The summed E-state index contributed by atoms with van der Waals surface area (Å²) in [7, 11) is 0. The molecule has 73 heavy (non-hydrogen) atoms. The summed E-state index contributed by atoms with van der Waals surface area (Å²) in [4.78, 5) is 46.3. The van der Waals surface area contributed by atoms with Crippen LogP contribution in [0, 0.1) is 6.92 Å². The Labute approximate surface area is 428 Å². The zero-order valence-electron chi connectivity index (χ0n) is 42.7. The summed E-state index contributed by atoms with van der Waals surface area (Å²) in [6, 6.07) is 35.0. The molecule has 5 aromatic carbocycles. The molecule has 0 atom stereocenters. The summed E-state index contributed by atoms with van der Waals surface area (Å²) in [5.41, 5.74) is 16.4. The molecule has 0 saturated carbocycles. The molecule has 5 aromatic rings. The lowest BCUT2D eigenvalue weighted by Gasteiger charge is -2.22. The van der Waals surface area contributed by atoms with E-state index in [1.807, 2.05) is 66.7 Å². The van der Waals surface area contributed by atoms with Crippen molar-refractivity contribution in [1.82, 2.24) is 16.0 Å². The number of alkyl halides is 3. The Balaban J connectivity index is 0.000000161. The highest BCUT2D eigenvalue weighted by Gasteiger charge is 2.31. The van der Waals surface area contributed by atoms with Gasteiger partial charge in [-0.3, -0.25) is 19.2 Å². The average Bonchev–Trinajstić information content (AvgIpc) is 3.93. The van der Waals surface area contributed by atoms with E-state index in [-0.39, 0.29) is 23.1 Å². The fourth-order valence-corrected chi connectivity index (χ4v) is 9.90. The molecule has 0 bridgehead atoms. The Morgan fingerprint density at radius 1 is 0.425 bits per heavy atom. The molecule has 7 nitrogen and oxygen atoms in total. The lowest BCUT2D eigenvalue weighted by atomic mass is 9.87. The lowest BCUT2D eigenvalue weighted by Crippen LogP contribution is -2.24. The van der Waals surface area contributed by atoms with Gasteiger partial charge in [0.15, 0.2) is 23.1 Å². The van der Waals surface area contributed by atoms with Crippen molar-refractivity contribution in [3.8, 4) is 0 Å². The number of aryl methyl sites for hydroxylation is 1. The first-order valence-electron chi connectivity index (χ1n) is 25.4. The fourth-order valence-electron chi connectivity index (χ4n) is 9.90. The van der Waals surface area contributed by atoms with Crippen LogP contribution >= 0.6 is 0 Å². The average molecular weight is 986 g/mol. The van der Waals surface area contributed by atoms with Crippen LogP contribution < -0.4 is 16.0 Å². The minimum Gasteiger partial charge on any atom is -0.316 e. The molecule has 10 heteroatoms. The van der Waals surface area contributed by atoms with Gasteiger partial charge in [0.05, 0.1) is 5.56 Å². The van der Waals surface area contributed by atoms with Crippen LogP contribution in [0.5, 0.6) is 0 Å². The Kier molecular flexibility index (Phi) is 18.6. The van der Waals surface area contributed by atoms with Gasteiger partial charge in [-0.15, -0.1) is 0 Å². The Morgan fingerprint density at radius 3 is 1.18 bits per heavy atom. The molecule has 378 valence electrons. The third-order valence-electron chi connectivity index (χ3n) is 13.7. The number of ketones is 4. The van der Waals surface area contributed by atoms with Crippen LogP contribution in [0.15, 0.2) is 156 Å². The molecule has 1 aliphatic carbocycles. The molecule has 3 N–H and O–H groups in total. The maximum absolute atomic E-state index is 13.3. The predicted molar refractivity (Wildman–Crippen MR) is 289 cm³/mol. The number of Topliss-reactive ketones (excluding diaryl/α,β-unsaturated/α-hetero) is 4. The van der Waals surface area contributed by atoms with Crippen molar-refractivity contribution in [3.63, 3.8) is 0 Å². The highest BCUT2D eigenvalue weighted by molar-refractivity contribution is 5.98. The normalized spacial score (nSPS) is 15.5. The molecule has 3 heterocycles. The van der Waals surface area contributed by atoms with Gasteiger partial charge in [-0.1, -0.05) is 132 Å². The third kappa shape index (κ3) is 14.4. The van der Waals surface area contributed by atoms with E-state index in [1.165, 1.54) is 52.5 Å². The summed E-state index contributed by atoms with van der Waals surface area (Å²) in [5, 5.41) is 10.1. The molecule has 9 rings (SSSR count). The summed E-state index contributed by atoms with van der Waals surface area (Å²) in [5.74, 6) is 0.231. The number of benzene rings is 5. The van der Waals surface area contributed by atoms with Gasteiger partial charge in [-0.05, 0) is 193 Å². The molecule has 0 amide bonds. The number of halogens is 3. The Morgan fingerprint density at radius 2 is 0.795 bits per heavy atom. The third-order valence-corrected chi connectivity index (χ3v) is 13.7. The smallest absolute Gasteiger partial charge is 0.316 e. The number of hydrogen-bond acceptors (Lipinski definition) is 7. The van der Waals surface area contributed by atoms with Gasteiger partial charge in [0.1, 0.15) is 0 Å². The second kappa shape index (κ2) is 25.2. The maximum Gasteiger partial charge on any atom is 0.416 e. The highest BCUT2D eigenvalue weighted by atomic mass is 19.4. The van der Waals surface area contributed by atoms with E-state index in [4.69, 9.17) is 0 Å². The second-order valence-electron chi connectivity index (χ2n) is 19.1. The topological polar surface area (TPSA) is 104 Å². The van der Waals surface area contributed by atoms with Crippen molar-refractivity contribution < 1.29 is 32.3 Å². The van der Waals surface area contributed by atoms with E-state index < -0.39 is 11.7 Å². The molecule has 3 aliphatic heterocycles. The minimum absolute atomic E-state index is 0.0347. The van der Waals surface area contributed by atoms with E-state index >= 15 is 0 Å². The molecule has 0 unspecified atom stereocenters. The maximum atomic E-state index is 13.3. The second-order valence-corrected chi connectivity index (χ2v) is 19.1. The number of piperidine rings is 3. The van der Waals surface area contributed by atoms with Crippen LogP contribution in [-0.2, 0) is 6.18 Å². The van der Waals surface area contributed by atoms with Gasteiger partial charge in [0, 0.05) is 22.3 Å². The number of hydrogen-bond donors (Lipinski definition) is 3. The van der Waals surface area contributed by atoms with Gasteiger partial charge in [0.25, 0.3) is 0 Å². The fraction of sp³-hybridized carbons (Fsp3) is 0.302. The summed E-state index contributed by atoms with van der Waals surface area (Å²) < 4.78 is 40.0. The van der Waals surface area contributed by atoms with Gasteiger partial charge in [-0.2, -0.15) is 13.2 Å². The van der Waals surface area contributed by atoms with Gasteiger partial charge in [-0.25, -0.2) is 0 Å². The van der Waals surface area contributed by atoms with Crippen molar-refractivity contribution in [2.24, 2.45) is 0 Å². The molecule has 0 aromatic heterocycles. The number of allylic oxidation sites excluding steroid dienone is 5. The van der Waals surface area contributed by atoms with Crippen molar-refractivity contribution in [3.05, 3.63) is 217 Å². The molecule has 0 radical (unpaired) electrons. The van der Waals surface area contributed by atoms with Crippen molar-refractivity contribution >= 4 is 39.9 Å². The molecular weight excluding hydrogens is 920 g/mol.